The number of primary sulfonamides is 1. The Bertz CT molecular complexity index is 1140. The highest BCUT2D eigenvalue weighted by molar-refractivity contribution is 7.89. The zero-order valence-corrected chi connectivity index (χ0v) is 15.9. The van der Waals surface area contributed by atoms with Crippen molar-refractivity contribution in [1.29, 1.82) is 0 Å². The Kier molecular flexibility index (Phi) is 4.53. The largest absolute Gasteiger partial charge is 0.240 e. The Morgan fingerprint density at radius 2 is 1.85 bits per heavy atom. The zero-order chi connectivity index (χ0) is 19.2. The Hall–Kier alpha value is -2.22. The second kappa shape index (κ2) is 6.74. The van der Waals surface area contributed by atoms with Gasteiger partial charge in [0.05, 0.1) is 16.4 Å². The molecule has 0 unspecified atom stereocenters. The van der Waals surface area contributed by atoms with E-state index in [0.29, 0.717) is 16.9 Å². The van der Waals surface area contributed by atoms with Crippen molar-refractivity contribution < 1.29 is 12.8 Å². The molecule has 1 aromatic heterocycles. The summed E-state index contributed by atoms with van der Waals surface area (Å²) in [6.45, 7) is 0. The van der Waals surface area contributed by atoms with Crippen molar-refractivity contribution in [3.63, 3.8) is 0 Å². The standard InChI is InChI=1S/C19H17ClFN3O2S/c20-14-11-12(9-10-15(14)21)19-13-5-1-2-6-16(13)24(23-19)17-7-3-4-8-18(17)27(22,25)26/h3-4,7-11H,1-2,5-6H2,(H2,22,25,26). The van der Waals surface area contributed by atoms with Gasteiger partial charge in [-0.2, -0.15) is 5.10 Å². The minimum atomic E-state index is -3.91. The molecule has 0 amide bonds. The quantitative estimate of drug-likeness (QED) is 0.718. The van der Waals surface area contributed by atoms with Gasteiger partial charge in [-0.1, -0.05) is 23.7 Å². The lowest BCUT2D eigenvalue weighted by atomic mass is 9.93. The summed E-state index contributed by atoms with van der Waals surface area (Å²) in [5.41, 5.74) is 3.79. The van der Waals surface area contributed by atoms with Crippen molar-refractivity contribution >= 4 is 21.6 Å². The van der Waals surface area contributed by atoms with Gasteiger partial charge in [-0.25, -0.2) is 22.6 Å². The summed E-state index contributed by atoms with van der Waals surface area (Å²) in [6, 6.07) is 11.0. The van der Waals surface area contributed by atoms with E-state index in [1.165, 1.54) is 12.1 Å². The molecule has 2 N–H and O–H groups in total. The third kappa shape index (κ3) is 3.26. The van der Waals surface area contributed by atoms with E-state index in [-0.39, 0.29) is 9.92 Å². The predicted octanol–water partition coefficient (Wildman–Crippen LogP) is 3.86. The van der Waals surface area contributed by atoms with Gasteiger partial charge >= 0.3 is 0 Å². The highest BCUT2D eigenvalue weighted by Gasteiger charge is 2.25. The van der Waals surface area contributed by atoms with Crippen LogP contribution < -0.4 is 5.14 Å². The number of hydrogen-bond donors (Lipinski definition) is 1. The third-order valence-electron chi connectivity index (χ3n) is 4.77. The first-order valence-electron chi connectivity index (χ1n) is 8.54. The van der Waals surface area contributed by atoms with E-state index in [4.69, 9.17) is 21.8 Å². The molecule has 1 aliphatic carbocycles. The minimum Gasteiger partial charge on any atom is -0.236 e. The molecular formula is C19H17ClFN3O2S. The molecule has 2 aromatic carbocycles. The lowest BCUT2D eigenvalue weighted by Gasteiger charge is -2.15. The van der Waals surface area contributed by atoms with E-state index in [2.05, 4.69) is 0 Å². The lowest BCUT2D eigenvalue weighted by molar-refractivity contribution is 0.595. The van der Waals surface area contributed by atoms with Gasteiger partial charge in [0.2, 0.25) is 10.0 Å². The molecule has 3 aromatic rings. The summed E-state index contributed by atoms with van der Waals surface area (Å²) in [7, 11) is -3.91. The van der Waals surface area contributed by atoms with Crippen molar-refractivity contribution in [3.05, 3.63) is 64.6 Å². The summed E-state index contributed by atoms with van der Waals surface area (Å²) in [5.74, 6) is -0.492. The van der Waals surface area contributed by atoms with Crippen molar-refractivity contribution in [2.75, 3.05) is 0 Å². The monoisotopic (exact) mass is 405 g/mol. The minimum absolute atomic E-state index is 0.0181. The number of sulfonamides is 1. The summed E-state index contributed by atoms with van der Waals surface area (Å²) in [6.07, 6.45) is 3.59. The zero-order valence-electron chi connectivity index (χ0n) is 14.3. The molecule has 0 saturated heterocycles. The molecule has 1 heterocycles. The molecule has 140 valence electrons. The highest BCUT2D eigenvalue weighted by atomic mass is 35.5. The van der Waals surface area contributed by atoms with Crippen LogP contribution in [0.25, 0.3) is 16.9 Å². The van der Waals surface area contributed by atoms with E-state index in [0.717, 1.165) is 36.9 Å². The van der Waals surface area contributed by atoms with Crippen LogP contribution in [-0.2, 0) is 22.9 Å². The van der Waals surface area contributed by atoms with E-state index < -0.39 is 15.8 Å². The van der Waals surface area contributed by atoms with Gasteiger partial charge in [-0.05, 0) is 56.0 Å². The molecule has 5 nitrogen and oxygen atoms in total. The number of nitrogens with two attached hydrogens (primary N) is 1. The van der Waals surface area contributed by atoms with Crippen molar-refractivity contribution in [2.45, 2.75) is 30.6 Å². The molecule has 1 aliphatic rings. The second-order valence-electron chi connectivity index (χ2n) is 6.53. The number of rotatable bonds is 3. The van der Waals surface area contributed by atoms with Crippen LogP contribution in [0.4, 0.5) is 4.39 Å². The maximum atomic E-state index is 13.6. The number of halogens is 2. The number of nitrogens with zero attached hydrogens (tertiary/aromatic N) is 2. The van der Waals surface area contributed by atoms with Crippen LogP contribution >= 0.6 is 11.6 Å². The molecule has 0 atom stereocenters. The van der Waals surface area contributed by atoms with Crippen LogP contribution in [0, 0.1) is 5.82 Å². The van der Waals surface area contributed by atoms with Gasteiger partial charge < -0.3 is 0 Å². The van der Waals surface area contributed by atoms with E-state index in [9.17, 15) is 12.8 Å². The van der Waals surface area contributed by atoms with Gasteiger partial charge in [0, 0.05) is 16.8 Å². The third-order valence-corrected chi connectivity index (χ3v) is 6.02. The number of para-hydroxylation sites is 1. The van der Waals surface area contributed by atoms with Gasteiger partial charge in [-0.3, -0.25) is 0 Å². The van der Waals surface area contributed by atoms with Crippen LogP contribution in [0.5, 0.6) is 0 Å². The van der Waals surface area contributed by atoms with Crippen LogP contribution in [0.15, 0.2) is 47.4 Å². The summed E-state index contributed by atoms with van der Waals surface area (Å²) < 4.78 is 39.3. The molecule has 8 heteroatoms. The lowest BCUT2D eigenvalue weighted by Crippen LogP contribution is -2.17. The molecule has 0 spiro atoms. The van der Waals surface area contributed by atoms with E-state index in [1.54, 1.807) is 35.0 Å². The fourth-order valence-corrected chi connectivity index (χ4v) is 4.44. The molecule has 4 rings (SSSR count). The van der Waals surface area contributed by atoms with Gasteiger partial charge in [-0.15, -0.1) is 0 Å². The summed E-state index contributed by atoms with van der Waals surface area (Å²) in [5, 5.41) is 10.1. The topological polar surface area (TPSA) is 78.0 Å². The van der Waals surface area contributed by atoms with E-state index >= 15 is 0 Å². The average molecular weight is 406 g/mol. The maximum absolute atomic E-state index is 13.6. The first kappa shape index (κ1) is 18.2. The summed E-state index contributed by atoms with van der Waals surface area (Å²) in [4.78, 5) is 0.0181. The normalized spacial score (nSPS) is 14.2. The molecule has 0 bridgehead atoms. The van der Waals surface area contributed by atoms with Gasteiger partial charge in [0.25, 0.3) is 0 Å². The van der Waals surface area contributed by atoms with Crippen molar-refractivity contribution in [2.24, 2.45) is 5.14 Å². The number of hydrogen-bond acceptors (Lipinski definition) is 3. The second-order valence-corrected chi connectivity index (χ2v) is 8.47. The Labute approximate surface area is 161 Å². The molecule has 0 aliphatic heterocycles. The smallest absolute Gasteiger partial charge is 0.236 e. The molecule has 0 radical (unpaired) electrons. The average Bonchev–Trinajstić information content (AvgIpc) is 3.03. The van der Waals surface area contributed by atoms with Crippen LogP contribution in [0.2, 0.25) is 5.02 Å². The first-order chi connectivity index (χ1) is 12.9. The highest BCUT2D eigenvalue weighted by Crippen LogP contribution is 2.35. The SMILES string of the molecule is NS(=O)(=O)c1ccccc1-n1nc(-c2ccc(F)c(Cl)c2)c2c1CCCC2. The fourth-order valence-electron chi connectivity index (χ4n) is 3.55. The van der Waals surface area contributed by atoms with E-state index in [1.807, 2.05) is 0 Å². The van der Waals surface area contributed by atoms with Crippen LogP contribution in [0.3, 0.4) is 0 Å². The van der Waals surface area contributed by atoms with Gasteiger partial charge in [0.15, 0.2) is 0 Å². The van der Waals surface area contributed by atoms with Crippen molar-refractivity contribution in [1.82, 2.24) is 9.78 Å². The van der Waals surface area contributed by atoms with Crippen molar-refractivity contribution in [3.8, 4) is 16.9 Å². The Balaban J connectivity index is 1.97. The molecule has 27 heavy (non-hydrogen) atoms. The number of aromatic nitrogens is 2. The maximum Gasteiger partial charge on any atom is 0.240 e. The summed E-state index contributed by atoms with van der Waals surface area (Å²) >= 11 is 5.95. The molecule has 0 fully saturated rings. The fraction of sp³-hybridized carbons (Fsp3) is 0.211. The molecule has 0 saturated carbocycles. The Morgan fingerprint density at radius 1 is 1.11 bits per heavy atom. The molecular weight excluding hydrogens is 389 g/mol. The van der Waals surface area contributed by atoms with Crippen LogP contribution in [0.1, 0.15) is 24.1 Å². The Morgan fingerprint density at radius 3 is 2.59 bits per heavy atom. The predicted molar refractivity (Wildman–Crippen MR) is 102 cm³/mol. The first-order valence-corrected chi connectivity index (χ1v) is 10.5. The number of benzene rings is 2. The number of fused-ring (bicyclic) bond motifs is 1. The van der Waals surface area contributed by atoms with Crippen LogP contribution in [-0.4, -0.2) is 18.2 Å². The van der Waals surface area contributed by atoms with Gasteiger partial charge in [0.1, 0.15) is 10.7 Å².